The van der Waals surface area contributed by atoms with E-state index in [1.54, 1.807) is 19.2 Å². The number of likely N-dealkylation sites (tertiary alicyclic amines) is 1. The van der Waals surface area contributed by atoms with Gasteiger partial charge in [0.25, 0.3) is 0 Å². The van der Waals surface area contributed by atoms with Crippen LogP contribution in [0.5, 0.6) is 5.75 Å². The standard InChI is InChI=1S/C21H25FN2O2/c1-26-20-9-7-16(8-10-20)14-23-21(25)15-24-11-3-6-19(24)13-17-4-2-5-18(22)12-17/h2,4-5,7-10,12,19H,3,6,11,13-15H2,1H3,(H,23,25). The van der Waals surface area contributed by atoms with Crippen LogP contribution in [-0.4, -0.2) is 37.0 Å². The number of ether oxygens (including phenoxy) is 1. The highest BCUT2D eigenvalue weighted by molar-refractivity contribution is 5.78. The maximum absolute atomic E-state index is 13.4. The molecule has 0 aromatic heterocycles. The number of benzene rings is 2. The normalized spacial score (nSPS) is 17.2. The van der Waals surface area contributed by atoms with Crippen molar-refractivity contribution in [2.75, 3.05) is 20.2 Å². The summed E-state index contributed by atoms with van der Waals surface area (Å²) in [5.41, 5.74) is 2.03. The molecule has 1 aliphatic rings. The van der Waals surface area contributed by atoms with Gasteiger partial charge in [-0.25, -0.2) is 4.39 Å². The van der Waals surface area contributed by atoms with Gasteiger partial charge in [0.05, 0.1) is 13.7 Å². The first-order valence-electron chi connectivity index (χ1n) is 9.02. The van der Waals surface area contributed by atoms with Crippen molar-refractivity contribution in [2.45, 2.75) is 31.8 Å². The maximum Gasteiger partial charge on any atom is 0.234 e. The van der Waals surface area contributed by atoms with Crippen molar-refractivity contribution in [3.63, 3.8) is 0 Å². The van der Waals surface area contributed by atoms with Crippen LogP contribution in [0.25, 0.3) is 0 Å². The number of carbonyl (C=O) groups is 1. The van der Waals surface area contributed by atoms with Crippen LogP contribution in [0, 0.1) is 5.82 Å². The summed E-state index contributed by atoms with van der Waals surface area (Å²) in [6.45, 7) is 1.80. The van der Waals surface area contributed by atoms with E-state index in [-0.39, 0.29) is 11.7 Å². The third-order valence-electron chi connectivity index (χ3n) is 4.85. The molecule has 1 amide bonds. The van der Waals surface area contributed by atoms with Gasteiger partial charge in [-0.3, -0.25) is 9.69 Å². The molecule has 138 valence electrons. The largest absolute Gasteiger partial charge is 0.497 e. The number of methoxy groups -OCH3 is 1. The molecule has 5 heteroatoms. The molecule has 0 radical (unpaired) electrons. The summed E-state index contributed by atoms with van der Waals surface area (Å²) in [7, 11) is 1.63. The van der Waals surface area contributed by atoms with Gasteiger partial charge in [-0.15, -0.1) is 0 Å². The monoisotopic (exact) mass is 356 g/mol. The van der Waals surface area contributed by atoms with Crippen molar-refractivity contribution in [3.8, 4) is 5.75 Å². The molecule has 0 saturated carbocycles. The lowest BCUT2D eigenvalue weighted by atomic mass is 10.0. The van der Waals surface area contributed by atoms with Gasteiger partial charge in [0.15, 0.2) is 0 Å². The van der Waals surface area contributed by atoms with E-state index in [1.807, 2.05) is 30.3 Å². The van der Waals surface area contributed by atoms with Crippen LogP contribution in [0.1, 0.15) is 24.0 Å². The molecular weight excluding hydrogens is 331 g/mol. The lowest BCUT2D eigenvalue weighted by Crippen LogP contribution is -2.40. The second-order valence-corrected chi connectivity index (χ2v) is 6.73. The van der Waals surface area contributed by atoms with Crippen LogP contribution in [-0.2, 0) is 17.8 Å². The van der Waals surface area contributed by atoms with Crippen molar-refractivity contribution in [2.24, 2.45) is 0 Å². The predicted molar refractivity (Wildman–Crippen MR) is 99.5 cm³/mol. The summed E-state index contributed by atoms with van der Waals surface area (Å²) >= 11 is 0. The van der Waals surface area contributed by atoms with Crippen LogP contribution in [0.15, 0.2) is 48.5 Å². The Balaban J connectivity index is 1.49. The average Bonchev–Trinajstić information content (AvgIpc) is 3.07. The Morgan fingerprint density at radius 2 is 2.04 bits per heavy atom. The zero-order chi connectivity index (χ0) is 18.4. The summed E-state index contributed by atoms with van der Waals surface area (Å²) in [5.74, 6) is 0.619. The Kier molecular flexibility index (Phi) is 6.23. The minimum Gasteiger partial charge on any atom is -0.497 e. The first kappa shape index (κ1) is 18.4. The molecule has 2 aromatic carbocycles. The Labute approximate surface area is 154 Å². The molecule has 2 aromatic rings. The van der Waals surface area contributed by atoms with Crippen LogP contribution in [0.2, 0.25) is 0 Å². The van der Waals surface area contributed by atoms with Gasteiger partial charge in [-0.2, -0.15) is 0 Å². The summed E-state index contributed by atoms with van der Waals surface area (Å²) < 4.78 is 18.5. The molecule has 1 unspecified atom stereocenters. The van der Waals surface area contributed by atoms with Gasteiger partial charge >= 0.3 is 0 Å². The third-order valence-corrected chi connectivity index (χ3v) is 4.85. The number of carbonyl (C=O) groups excluding carboxylic acids is 1. The lowest BCUT2D eigenvalue weighted by molar-refractivity contribution is -0.122. The van der Waals surface area contributed by atoms with Gasteiger partial charge in [0.1, 0.15) is 11.6 Å². The Morgan fingerprint density at radius 1 is 1.23 bits per heavy atom. The van der Waals surface area contributed by atoms with Crippen molar-refractivity contribution < 1.29 is 13.9 Å². The fourth-order valence-electron chi connectivity index (χ4n) is 3.45. The summed E-state index contributed by atoms with van der Waals surface area (Å²) in [6, 6.07) is 14.7. The number of hydrogen-bond donors (Lipinski definition) is 1. The highest BCUT2D eigenvalue weighted by Gasteiger charge is 2.26. The smallest absolute Gasteiger partial charge is 0.234 e. The molecule has 26 heavy (non-hydrogen) atoms. The number of amides is 1. The van der Waals surface area contributed by atoms with Gasteiger partial charge in [-0.1, -0.05) is 24.3 Å². The predicted octanol–water partition coefficient (Wildman–Crippen LogP) is 3.16. The van der Waals surface area contributed by atoms with E-state index in [4.69, 9.17) is 4.74 Å². The number of nitrogens with zero attached hydrogens (tertiary/aromatic N) is 1. The van der Waals surface area contributed by atoms with Gasteiger partial charge in [-0.05, 0) is 61.2 Å². The Bertz CT molecular complexity index is 733. The molecule has 1 N–H and O–H groups in total. The Hall–Kier alpha value is -2.40. The first-order valence-corrected chi connectivity index (χ1v) is 9.02. The number of nitrogens with one attached hydrogen (secondary N) is 1. The molecule has 1 saturated heterocycles. The van der Waals surface area contributed by atoms with E-state index in [1.165, 1.54) is 6.07 Å². The summed E-state index contributed by atoms with van der Waals surface area (Å²) in [5, 5.41) is 2.98. The molecule has 3 rings (SSSR count). The molecule has 0 spiro atoms. The Morgan fingerprint density at radius 3 is 2.77 bits per heavy atom. The van der Waals surface area contributed by atoms with E-state index in [0.29, 0.717) is 19.1 Å². The average molecular weight is 356 g/mol. The molecular formula is C21H25FN2O2. The van der Waals surface area contributed by atoms with Crippen molar-refractivity contribution in [1.82, 2.24) is 10.2 Å². The molecule has 4 nitrogen and oxygen atoms in total. The third kappa shape index (κ3) is 5.05. The topological polar surface area (TPSA) is 41.6 Å². The van der Waals surface area contributed by atoms with Crippen molar-refractivity contribution in [3.05, 3.63) is 65.5 Å². The molecule has 1 aliphatic heterocycles. The lowest BCUT2D eigenvalue weighted by Gasteiger charge is -2.24. The fraction of sp³-hybridized carbons (Fsp3) is 0.381. The quantitative estimate of drug-likeness (QED) is 0.829. The highest BCUT2D eigenvalue weighted by atomic mass is 19.1. The molecule has 0 bridgehead atoms. The van der Waals surface area contributed by atoms with Crippen molar-refractivity contribution in [1.29, 1.82) is 0 Å². The fourth-order valence-corrected chi connectivity index (χ4v) is 3.45. The van der Waals surface area contributed by atoms with E-state index in [2.05, 4.69) is 10.2 Å². The summed E-state index contributed by atoms with van der Waals surface area (Å²) in [4.78, 5) is 14.5. The molecule has 0 aliphatic carbocycles. The second-order valence-electron chi connectivity index (χ2n) is 6.73. The second kappa shape index (κ2) is 8.81. The van der Waals surface area contributed by atoms with Crippen molar-refractivity contribution >= 4 is 5.91 Å². The van der Waals surface area contributed by atoms with E-state index in [9.17, 15) is 9.18 Å². The zero-order valence-corrected chi connectivity index (χ0v) is 15.1. The number of hydrogen-bond acceptors (Lipinski definition) is 3. The minimum atomic E-state index is -0.204. The van der Waals surface area contributed by atoms with Crippen LogP contribution >= 0.6 is 0 Å². The number of halogens is 1. The van der Waals surface area contributed by atoms with E-state index in [0.717, 1.165) is 42.7 Å². The van der Waals surface area contributed by atoms with E-state index < -0.39 is 0 Å². The van der Waals surface area contributed by atoms with E-state index >= 15 is 0 Å². The van der Waals surface area contributed by atoms with Crippen LogP contribution < -0.4 is 10.1 Å². The highest BCUT2D eigenvalue weighted by Crippen LogP contribution is 2.21. The SMILES string of the molecule is COc1ccc(CNC(=O)CN2CCCC2Cc2cccc(F)c2)cc1. The van der Waals surface area contributed by atoms with Crippen LogP contribution in [0.3, 0.4) is 0 Å². The first-order chi connectivity index (χ1) is 12.6. The van der Waals surface area contributed by atoms with Gasteiger partial charge in [0, 0.05) is 12.6 Å². The van der Waals surface area contributed by atoms with Crippen LogP contribution in [0.4, 0.5) is 4.39 Å². The van der Waals surface area contributed by atoms with Gasteiger partial charge in [0.2, 0.25) is 5.91 Å². The number of rotatable bonds is 7. The van der Waals surface area contributed by atoms with Gasteiger partial charge < -0.3 is 10.1 Å². The molecule has 1 atom stereocenters. The summed E-state index contributed by atoms with van der Waals surface area (Å²) in [6.07, 6.45) is 2.90. The molecule has 1 heterocycles. The maximum atomic E-state index is 13.4. The molecule has 1 fully saturated rings. The minimum absolute atomic E-state index is 0.0203. The zero-order valence-electron chi connectivity index (χ0n) is 15.1.